The van der Waals surface area contributed by atoms with Crippen molar-refractivity contribution in [3.8, 4) is 17.0 Å². The van der Waals surface area contributed by atoms with Crippen molar-refractivity contribution in [2.45, 2.75) is 13.8 Å². The van der Waals surface area contributed by atoms with E-state index < -0.39 is 0 Å². The van der Waals surface area contributed by atoms with Crippen molar-refractivity contribution < 1.29 is 4.74 Å². The zero-order valence-corrected chi connectivity index (χ0v) is 9.97. The van der Waals surface area contributed by atoms with Crippen LogP contribution >= 0.6 is 0 Å². The lowest BCUT2D eigenvalue weighted by Crippen LogP contribution is -1.96. The molecule has 17 heavy (non-hydrogen) atoms. The Morgan fingerprint density at radius 3 is 2.82 bits per heavy atom. The van der Waals surface area contributed by atoms with Crippen LogP contribution in [0.2, 0.25) is 0 Å². The molecule has 0 aliphatic heterocycles. The van der Waals surface area contributed by atoms with E-state index in [4.69, 9.17) is 10.5 Å². The van der Waals surface area contributed by atoms with Gasteiger partial charge in [-0.25, -0.2) is 0 Å². The number of rotatable bonds is 3. The fourth-order valence-electron chi connectivity index (χ4n) is 1.54. The molecule has 4 heteroatoms. The molecule has 0 amide bonds. The van der Waals surface area contributed by atoms with E-state index in [1.54, 1.807) is 12.4 Å². The van der Waals surface area contributed by atoms with Crippen LogP contribution in [0.4, 0.5) is 5.69 Å². The maximum atomic E-state index is 5.74. The van der Waals surface area contributed by atoms with E-state index in [1.165, 1.54) is 0 Å². The third-order valence-corrected chi connectivity index (χ3v) is 2.45. The smallest absolute Gasteiger partial charge is 0.138 e. The highest BCUT2D eigenvalue weighted by Crippen LogP contribution is 2.22. The SMILES string of the molecule is CCOc1cncc(-c2ccc(N)c(C)n2)c1. The number of ether oxygens (including phenoxy) is 1. The third-order valence-electron chi connectivity index (χ3n) is 2.45. The minimum atomic E-state index is 0.624. The molecule has 0 unspecified atom stereocenters. The Balaban J connectivity index is 2.38. The zero-order chi connectivity index (χ0) is 12.3. The second-order valence-electron chi connectivity index (χ2n) is 3.71. The Hall–Kier alpha value is -2.10. The molecule has 88 valence electrons. The van der Waals surface area contributed by atoms with Crippen molar-refractivity contribution in [1.29, 1.82) is 0 Å². The molecule has 2 heterocycles. The monoisotopic (exact) mass is 229 g/mol. The number of hydrogen-bond acceptors (Lipinski definition) is 4. The summed E-state index contributed by atoms with van der Waals surface area (Å²) >= 11 is 0. The van der Waals surface area contributed by atoms with Gasteiger partial charge in [-0.05, 0) is 32.0 Å². The summed E-state index contributed by atoms with van der Waals surface area (Å²) < 4.78 is 5.41. The van der Waals surface area contributed by atoms with Gasteiger partial charge in [-0.15, -0.1) is 0 Å². The molecule has 0 saturated heterocycles. The van der Waals surface area contributed by atoms with Gasteiger partial charge in [0.15, 0.2) is 0 Å². The Bertz CT molecular complexity index is 526. The Kier molecular flexibility index (Phi) is 3.23. The van der Waals surface area contributed by atoms with E-state index in [0.717, 1.165) is 22.7 Å². The van der Waals surface area contributed by atoms with Gasteiger partial charge in [-0.3, -0.25) is 9.97 Å². The number of hydrogen-bond donors (Lipinski definition) is 1. The zero-order valence-electron chi connectivity index (χ0n) is 9.97. The lowest BCUT2D eigenvalue weighted by molar-refractivity contribution is 0.339. The van der Waals surface area contributed by atoms with E-state index in [9.17, 15) is 0 Å². The second kappa shape index (κ2) is 4.82. The number of nitrogens with two attached hydrogens (primary N) is 1. The summed E-state index contributed by atoms with van der Waals surface area (Å²) in [4.78, 5) is 8.56. The van der Waals surface area contributed by atoms with Gasteiger partial charge in [0, 0.05) is 11.8 Å². The van der Waals surface area contributed by atoms with Gasteiger partial charge < -0.3 is 10.5 Å². The topological polar surface area (TPSA) is 61.0 Å². The predicted molar refractivity (Wildman–Crippen MR) is 67.8 cm³/mol. The Morgan fingerprint density at radius 2 is 2.12 bits per heavy atom. The van der Waals surface area contributed by atoms with Crippen LogP contribution < -0.4 is 10.5 Å². The molecule has 0 fully saturated rings. The van der Waals surface area contributed by atoms with Gasteiger partial charge in [0.2, 0.25) is 0 Å². The normalized spacial score (nSPS) is 10.2. The molecule has 0 aliphatic carbocycles. The first kappa shape index (κ1) is 11.4. The van der Waals surface area contributed by atoms with Crippen LogP contribution in [0.3, 0.4) is 0 Å². The van der Waals surface area contributed by atoms with Crippen molar-refractivity contribution in [3.05, 3.63) is 36.3 Å². The largest absolute Gasteiger partial charge is 0.492 e. The highest BCUT2D eigenvalue weighted by molar-refractivity contribution is 5.62. The van der Waals surface area contributed by atoms with Gasteiger partial charge in [-0.2, -0.15) is 0 Å². The number of aryl methyl sites for hydroxylation is 1. The van der Waals surface area contributed by atoms with Gasteiger partial charge >= 0.3 is 0 Å². The average molecular weight is 229 g/mol. The van der Waals surface area contributed by atoms with E-state index >= 15 is 0 Å². The Morgan fingerprint density at radius 1 is 1.29 bits per heavy atom. The number of anilines is 1. The predicted octanol–water partition coefficient (Wildman–Crippen LogP) is 2.43. The lowest BCUT2D eigenvalue weighted by atomic mass is 10.1. The summed E-state index contributed by atoms with van der Waals surface area (Å²) in [6.07, 6.45) is 3.46. The van der Waals surface area contributed by atoms with E-state index in [-0.39, 0.29) is 0 Å². The summed E-state index contributed by atoms with van der Waals surface area (Å²) in [5, 5.41) is 0. The number of pyridine rings is 2. The van der Waals surface area contributed by atoms with Crippen molar-refractivity contribution in [3.63, 3.8) is 0 Å². The molecule has 0 aliphatic rings. The molecular formula is C13H15N3O. The molecule has 2 aromatic rings. The van der Waals surface area contributed by atoms with Crippen molar-refractivity contribution >= 4 is 5.69 Å². The standard InChI is InChI=1S/C13H15N3O/c1-3-17-11-6-10(7-15-8-11)13-5-4-12(14)9(2)16-13/h4-8H,3,14H2,1-2H3. The fourth-order valence-corrected chi connectivity index (χ4v) is 1.54. The molecule has 0 aromatic carbocycles. The number of nitrogens with zero attached hydrogens (tertiary/aromatic N) is 2. The molecule has 0 spiro atoms. The minimum absolute atomic E-state index is 0.624. The summed E-state index contributed by atoms with van der Waals surface area (Å²) in [5.41, 5.74) is 9.04. The molecular weight excluding hydrogens is 214 g/mol. The number of aromatic nitrogens is 2. The molecule has 2 aromatic heterocycles. The van der Waals surface area contributed by atoms with E-state index in [1.807, 2.05) is 32.0 Å². The van der Waals surface area contributed by atoms with Crippen LogP contribution in [0.1, 0.15) is 12.6 Å². The van der Waals surface area contributed by atoms with Crippen LogP contribution in [-0.2, 0) is 0 Å². The first-order chi connectivity index (χ1) is 8.20. The lowest BCUT2D eigenvalue weighted by Gasteiger charge is -2.06. The van der Waals surface area contributed by atoms with Crippen molar-refractivity contribution in [2.75, 3.05) is 12.3 Å². The van der Waals surface area contributed by atoms with Crippen LogP contribution in [0, 0.1) is 6.92 Å². The van der Waals surface area contributed by atoms with Crippen molar-refractivity contribution in [1.82, 2.24) is 9.97 Å². The van der Waals surface area contributed by atoms with Gasteiger partial charge in [-0.1, -0.05) is 0 Å². The summed E-state index contributed by atoms with van der Waals surface area (Å²) in [6.45, 7) is 4.45. The highest BCUT2D eigenvalue weighted by Gasteiger charge is 2.04. The molecule has 2 rings (SSSR count). The fraction of sp³-hybridized carbons (Fsp3) is 0.231. The second-order valence-corrected chi connectivity index (χ2v) is 3.71. The number of nitrogen functional groups attached to an aromatic ring is 1. The van der Waals surface area contributed by atoms with E-state index in [0.29, 0.717) is 12.3 Å². The summed E-state index contributed by atoms with van der Waals surface area (Å²) in [7, 11) is 0. The first-order valence-corrected chi connectivity index (χ1v) is 5.52. The van der Waals surface area contributed by atoms with Gasteiger partial charge in [0.1, 0.15) is 5.75 Å². The van der Waals surface area contributed by atoms with Crippen LogP contribution in [0.25, 0.3) is 11.3 Å². The molecule has 0 atom stereocenters. The summed E-state index contributed by atoms with van der Waals surface area (Å²) in [5.74, 6) is 0.751. The molecule has 2 N–H and O–H groups in total. The average Bonchev–Trinajstić information content (AvgIpc) is 2.33. The van der Waals surface area contributed by atoms with Crippen LogP contribution in [-0.4, -0.2) is 16.6 Å². The van der Waals surface area contributed by atoms with Gasteiger partial charge in [0.05, 0.1) is 29.9 Å². The molecule has 0 saturated carbocycles. The molecule has 0 radical (unpaired) electrons. The minimum Gasteiger partial charge on any atom is -0.492 e. The quantitative estimate of drug-likeness (QED) is 0.878. The van der Waals surface area contributed by atoms with Crippen molar-refractivity contribution in [2.24, 2.45) is 0 Å². The summed E-state index contributed by atoms with van der Waals surface area (Å²) in [6, 6.07) is 5.66. The third kappa shape index (κ3) is 2.53. The van der Waals surface area contributed by atoms with Crippen LogP contribution in [0.5, 0.6) is 5.75 Å². The maximum Gasteiger partial charge on any atom is 0.138 e. The highest BCUT2D eigenvalue weighted by atomic mass is 16.5. The van der Waals surface area contributed by atoms with Crippen LogP contribution in [0.15, 0.2) is 30.6 Å². The molecule has 4 nitrogen and oxygen atoms in total. The first-order valence-electron chi connectivity index (χ1n) is 5.52. The Labute approximate surface area is 100 Å². The van der Waals surface area contributed by atoms with E-state index in [2.05, 4.69) is 9.97 Å². The molecule has 0 bridgehead atoms. The van der Waals surface area contributed by atoms with Gasteiger partial charge in [0.25, 0.3) is 0 Å². The maximum absolute atomic E-state index is 5.74.